The fourth-order valence-corrected chi connectivity index (χ4v) is 4.66. The maximum absolute atomic E-state index is 5.86. The van der Waals surface area contributed by atoms with E-state index in [-0.39, 0.29) is 0 Å². The van der Waals surface area contributed by atoms with Crippen LogP contribution >= 0.6 is 0 Å². The molecule has 0 bridgehead atoms. The first kappa shape index (κ1) is 25.3. The molecule has 5 aromatic rings. The average molecular weight is 507 g/mol. The van der Waals surface area contributed by atoms with E-state index >= 15 is 0 Å². The summed E-state index contributed by atoms with van der Waals surface area (Å²) in [5.74, 6) is 2.56. The Labute approximate surface area is 223 Å². The number of aromatic amines is 1. The number of aryl methyl sites for hydroxylation is 3. The van der Waals surface area contributed by atoms with E-state index in [0.717, 1.165) is 59.7 Å². The minimum atomic E-state index is 0.588. The number of benzene rings is 3. The van der Waals surface area contributed by atoms with Crippen LogP contribution in [0.5, 0.6) is 0 Å². The molecule has 0 aliphatic carbocycles. The van der Waals surface area contributed by atoms with Gasteiger partial charge in [-0.25, -0.2) is 9.67 Å². The molecule has 3 aromatic carbocycles. The van der Waals surface area contributed by atoms with Gasteiger partial charge < -0.3 is 5.73 Å². The highest BCUT2D eigenvalue weighted by molar-refractivity contribution is 5.80. The van der Waals surface area contributed by atoms with Crippen molar-refractivity contribution in [1.29, 1.82) is 0 Å². The predicted octanol–water partition coefficient (Wildman–Crippen LogP) is 5.66. The minimum absolute atomic E-state index is 0.588. The first-order valence-corrected chi connectivity index (χ1v) is 13.4. The summed E-state index contributed by atoms with van der Waals surface area (Å²) in [5, 5.41) is 19.5. The van der Waals surface area contributed by atoms with Crippen molar-refractivity contribution in [1.82, 2.24) is 35.4 Å². The van der Waals surface area contributed by atoms with E-state index in [1.54, 1.807) is 0 Å². The first-order chi connectivity index (χ1) is 18.7. The van der Waals surface area contributed by atoms with Gasteiger partial charge >= 0.3 is 0 Å². The maximum Gasteiger partial charge on any atom is 0.205 e. The number of nitrogen functional groups attached to an aromatic ring is 1. The number of aromatic nitrogens is 7. The van der Waals surface area contributed by atoms with Crippen LogP contribution in [0.4, 0.5) is 5.69 Å². The molecule has 2 aromatic heterocycles. The van der Waals surface area contributed by atoms with Crippen LogP contribution in [0.2, 0.25) is 0 Å². The molecule has 3 N–H and O–H groups in total. The molecular formula is C30H34N8. The third-order valence-corrected chi connectivity index (χ3v) is 6.77. The normalized spacial score (nSPS) is 11.2. The van der Waals surface area contributed by atoms with E-state index in [0.29, 0.717) is 12.4 Å². The molecule has 5 rings (SSSR count). The molecule has 8 heteroatoms. The lowest BCUT2D eigenvalue weighted by Crippen LogP contribution is -2.08. The lowest BCUT2D eigenvalue weighted by atomic mass is 9.98. The van der Waals surface area contributed by atoms with Gasteiger partial charge in [0.1, 0.15) is 5.82 Å². The molecule has 0 fully saturated rings. The van der Waals surface area contributed by atoms with E-state index in [1.807, 2.05) is 30.3 Å². The standard InChI is InChI=1S/C30H34N8/c1-2-3-4-5-10-28-32-29(20-15-22-13-18-25(31)19-14-22)38(35-28)21-23-11-16-24(17-12-23)26-8-6-7-9-27(26)30-33-36-37-34-30/h6-9,11-14,16-19H,2-5,10,15,20-21,31H2,1H3,(H,33,34,36,37). The van der Waals surface area contributed by atoms with Gasteiger partial charge in [0.15, 0.2) is 5.82 Å². The molecule has 194 valence electrons. The van der Waals surface area contributed by atoms with Gasteiger partial charge in [-0.15, -0.1) is 10.2 Å². The largest absolute Gasteiger partial charge is 0.399 e. The number of nitrogens with one attached hydrogen (secondary N) is 1. The summed E-state index contributed by atoms with van der Waals surface area (Å²) < 4.78 is 2.08. The molecule has 0 amide bonds. The van der Waals surface area contributed by atoms with E-state index < -0.39 is 0 Å². The van der Waals surface area contributed by atoms with Crippen molar-refractivity contribution in [2.24, 2.45) is 0 Å². The lowest BCUT2D eigenvalue weighted by Gasteiger charge is -2.09. The van der Waals surface area contributed by atoms with E-state index in [9.17, 15) is 0 Å². The molecule has 8 nitrogen and oxygen atoms in total. The van der Waals surface area contributed by atoms with Gasteiger partial charge in [0.25, 0.3) is 0 Å². The number of nitrogens with two attached hydrogens (primary N) is 1. The Bertz CT molecular complexity index is 1420. The second kappa shape index (κ2) is 12.3. The Balaban J connectivity index is 1.33. The van der Waals surface area contributed by atoms with Crippen LogP contribution in [0, 0.1) is 0 Å². The molecule has 0 saturated carbocycles. The summed E-state index contributed by atoms with van der Waals surface area (Å²) in [6.45, 7) is 2.92. The molecule has 0 spiro atoms. The number of H-pyrrole nitrogens is 1. The van der Waals surface area contributed by atoms with Gasteiger partial charge in [0.05, 0.1) is 6.54 Å². The van der Waals surface area contributed by atoms with Crippen molar-refractivity contribution in [2.75, 3.05) is 5.73 Å². The third-order valence-electron chi connectivity index (χ3n) is 6.77. The molecule has 0 unspecified atom stereocenters. The molecule has 0 radical (unpaired) electrons. The number of nitrogens with zero attached hydrogens (tertiary/aromatic N) is 6. The van der Waals surface area contributed by atoms with E-state index in [4.69, 9.17) is 15.8 Å². The molecule has 0 aliphatic heterocycles. The van der Waals surface area contributed by atoms with Gasteiger partial charge in [-0.3, -0.25) is 0 Å². The van der Waals surface area contributed by atoms with Gasteiger partial charge in [0, 0.05) is 24.1 Å². The zero-order chi connectivity index (χ0) is 26.2. The molecule has 0 atom stereocenters. The smallest absolute Gasteiger partial charge is 0.205 e. The van der Waals surface area contributed by atoms with Gasteiger partial charge in [0.2, 0.25) is 5.82 Å². The van der Waals surface area contributed by atoms with Crippen LogP contribution in [0.15, 0.2) is 72.8 Å². The zero-order valence-electron chi connectivity index (χ0n) is 21.8. The monoisotopic (exact) mass is 506 g/mol. The van der Waals surface area contributed by atoms with Crippen molar-refractivity contribution in [3.63, 3.8) is 0 Å². The average Bonchev–Trinajstić information content (AvgIpc) is 3.62. The topological polar surface area (TPSA) is 111 Å². The SMILES string of the molecule is CCCCCCc1nc(CCc2ccc(N)cc2)n(Cc2ccc(-c3ccccc3-c3nn[nH]n3)cc2)n1. The van der Waals surface area contributed by atoms with Crippen LogP contribution in [-0.4, -0.2) is 35.4 Å². The van der Waals surface area contributed by atoms with Crippen molar-refractivity contribution >= 4 is 5.69 Å². The van der Waals surface area contributed by atoms with Crippen molar-refractivity contribution in [3.8, 4) is 22.5 Å². The summed E-state index contributed by atoms with van der Waals surface area (Å²) in [6, 6.07) is 24.8. The van der Waals surface area contributed by atoms with Crippen molar-refractivity contribution in [2.45, 2.75) is 58.4 Å². The van der Waals surface area contributed by atoms with Gasteiger partial charge in [-0.05, 0) is 52.4 Å². The van der Waals surface area contributed by atoms with Crippen molar-refractivity contribution in [3.05, 3.63) is 95.6 Å². The number of unbranched alkanes of at least 4 members (excludes halogenated alkanes) is 3. The number of tetrazole rings is 1. The summed E-state index contributed by atoms with van der Waals surface area (Å²) in [6.07, 6.45) is 7.50. The highest BCUT2D eigenvalue weighted by atomic mass is 15.5. The molecule has 2 heterocycles. The Morgan fingerprint density at radius 3 is 2.29 bits per heavy atom. The minimum Gasteiger partial charge on any atom is -0.399 e. The van der Waals surface area contributed by atoms with Crippen LogP contribution < -0.4 is 5.73 Å². The molecule has 38 heavy (non-hydrogen) atoms. The third kappa shape index (κ3) is 6.32. The molecule has 0 aliphatic rings. The summed E-state index contributed by atoms with van der Waals surface area (Å²) in [7, 11) is 0. The first-order valence-electron chi connectivity index (χ1n) is 13.4. The number of hydrogen-bond acceptors (Lipinski definition) is 6. The molecular weight excluding hydrogens is 472 g/mol. The number of hydrogen-bond donors (Lipinski definition) is 2. The van der Waals surface area contributed by atoms with Gasteiger partial charge in [-0.2, -0.15) is 10.3 Å². The fraction of sp³-hybridized carbons (Fsp3) is 0.300. The zero-order valence-corrected chi connectivity index (χ0v) is 21.8. The summed E-state index contributed by atoms with van der Waals surface area (Å²) >= 11 is 0. The molecule has 0 saturated heterocycles. The summed E-state index contributed by atoms with van der Waals surface area (Å²) in [5.41, 5.74) is 12.2. The second-order valence-corrected chi connectivity index (χ2v) is 9.63. The van der Waals surface area contributed by atoms with Crippen LogP contribution in [0.3, 0.4) is 0 Å². The van der Waals surface area contributed by atoms with Crippen LogP contribution in [0.25, 0.3) is 22.5 Å². The fourth-order valence-electron chi connectivity index (χ4n) is 4.66. The number of rotatable bonds is 12. The van der Waals surface area contributed by atoms with Gasteiger partial charge in [-0.1, -0.05) is 86.8 Å². The predicted molar refractivity (Wildman–Crippen MR) is 150 cm³/mol. The second-order valence-electron chi connectivity index (χ2n) is 9.63. The Morgan fingerprint density at radius 1 is 0.789 bits per heavy atom. The Kier molecular flexibility index (Phi) is 8.18. The quantitative estimate of drug-likeness (QED) is 0.167. The highest BCUT2D eigenvalue weighted by Crippen LogP contribution is 2.29. The maximum atomic E-state index is 5.86. The summed E-state index contributed by atoms with van der Waals surface area (Å²) in [4.78, 5) is 4.95. The lowest BCUT2D eigenvalue weighted by molar-refractivity contribution is 0.616. The number of anilines is 1. The highest BCUT2D eigenvalue weighted by Gasteiger charge is 2.13. The van der Waals surface area contributed by atoms with Crippen LogP contribution in [0.1, 0.15) is 55.4 Å². The Hall–Kier alpha value is -4.33. The van der Waals surface area contributed by atoms with E-state index in [2.05, 4.69) is 74.7 Å². The van der Waals surface area contributed by atoms with Crippen molar-refractivity contribution < 1.29 is 0 Å². The van der Waals surface area contributed by atoms with Crippen LogP contribution in [-0.2, 0) is 25.8 Å². The Morgan fingerprint density at radius 2 is 1.55 bits per heavy atom. The van der Waals surface area contributed by atoms with E-state index in [1.165, 1.54) is 30.4 Å².